The van der Waals surface area contributed by atoms with Gasteiger partial charge in [-0.25, -0.2) is 19.7 Å². The van der Waals surface area contributed by atoms with E-state index in [0.29, 0.717) is 6.54 Å². The molecule has 0 saturated carbocycles. The number of nitrogens with zero attached hydrogens (tertiary/aromatic N) is 5. The number of H-pyrrole nitrogens is 1. The molecule has 0 spiro atoms. The summed E-state index contributed by atoms with van der Waals surface area (Å²) in [5.74, 6) is 0.720. The summed E-state index contributed by atoms with van der Waals surface area (Å²) in [4.78, 5) is 30.2. The summed E-state index contributed by atoms with van der Waals surface area (Å²) in [5.41, 5.74) is 4.96. The maximum Gasteiger partial charge on any atom is 0.409 e. The molecule has 0 fully saturated rings. The van der Waals surface area contributed by atoms with Crippen molar-refractivity contribution in [1.82, 2.24) is 29.4 Å². The van der Waals surface area contributed by atoms with Gasteiger partial charge in [0.25, 0.3) is 0 Å². The van der Waals surface area contributed by atoms with Crippen LogP contribution >= 0.6 is 0 Å². The summed E-state index contributed by atoms with van der Waals surface area (Å²) in [5, 5.41) is 4.07. The number of aryl methyl sites for hydroxylation is 1. The van der Waals surface area contributed by atoms with E-state index in [1.165, 1.54) is 12.0 Å². The number of aromatic amines is 1. The SMILES string of the molecule is CNc1nc2[nH]c(-c3cccc(CN(C)C(=O)OC)n3)cc2c2c1ncn2C. The molecule has 144 valence electrons. The number of nitrogens with one attached hydrogen (secondary N) is 2. The third-order valence-electron chi connectivity index (χ3n) is 4.64. The minimum absolute atomic E-state index is 0.356. The zero-order chi connectivity index (χ0) is 19.8. The number of imidazole rings is 1. The number of pyridine rings is 2. The Labute approximate surface area is 161 Å². The molecule has 0 aliphatic carbocycles. The first-order valence-corrected chi connectivity index (χ1v) is 8.78. The maximum absolute atomic E-state index is 11.6. The minimum Gasteiger partial charge on any atom is -0.453 e. The molecule has 0 aromatic carbocycles. The molecule has 2 N–H and O–H groups in total. The highest BCUT2D eigenvalue weighted by molar-refractivity contribution is 6.07. The number of hydrogen-bond acceptors (Lipinski definition) is 6. The van der Waals surface area contributed by atoms with Crippen LogP contribution in [0.2, 0.25) is 0 Å². The number of methoxy groups -OCH3 is 1. The molecule has 4 heterocycles. The number of anilines is 1. The fourth-order valence-corrected chi connectivity index (χ4v) is 3.29. The molecule has 0 radical (unpaired) electrons. The van der Waals surface area contributed by atoms with Crippen LogP contribution in [0.1, 0.15) is 5.69 Å². The number of ether oxygens (including phenoxy) is 1. The first-order valence-electron chi connectivity index (χ1n) is 8.78. The van der Waals surface area contributed by atoms with Gasteiger partial charge in [-0.3, -0.25) is 0 Å². The van der Waals surface area contributed by atoms with Gasteiger partial charge in [0.2, 0.25) is 0 Å². The third-order valence-corrected chi connectivity index (χ3v) is 4.64. The molecule has 9 heteroatoms. The normalized spacial score (nSPS) is 11.1. The number of carbonyl (C=O) groups is 1. The number of amides is 1. The highest BCUT2D eigenvalue weighted by Crippen LogP contribution is 2.31. The van der Waals surface area contributed by atoms with Crippen LogP contribution in [-0.4, -0.2) is 56.7 Å². The van der Waals surface area contributed by atoms with Crippen LogP contribution < -0.4 is 5.32 Å². The van der Waals surface area contributed by atoms with Gasteiger partial charge in [0.05, 0.1) is 42.6 Å². The van der Waals surface area contributed by atoms with Crippen LogP contribution in [-0.2, 0) is 18.3 Å². The second-order valence-corrected chi connectivity index (χ2v) is 6.55. The summed E-state index contributed by atoms with van der Waals surface area (Å²) in [6, 6.07) is 7.75. The maximum atomic E-state index is 11.6. The number of fused-ring (bicyclic) bond motifs is 3. The standard InChI is InChI=1S/C19H21N7O2/c1-20-18-15-16(26(3)10-21-15)12-8-14(23-17(12)24-18)13-7-5-6-11(22-13)9-25(2)19(27)28-4/h5-8,10H,9H2,1-4H3,(H2,20,23,24). The van der Waals surface area contributed by atoms with Crippen LogP contribution in [0.5, 0.6) is 0 Å². The Morgan fingerprint density at radius 3 is 2.93 bits per heavy atom. The van der Waals surface area contributed by atoms with Crippen molar-refractivity contribution < 1.29 is 9.53 Å². The van der Waals surface area contributed by atoms with E-state index in [2.05, 4.69) is 25.3 Å². The van der Waals surface area contributed by atoms with Crippen LogP contribution in [0, 0.1) is 0 Å². The number of rotatable bonds is 4. The average molecular weight is 379 g/mol. The summed E-state index contributed by atoms with van der Waals surface area (Å²) in [6.07, 6.45) is 1.38. The van der Waals surface area contributed by atoms with Gasteiger partial charge in [-0.05, 0) is 18.2 Å². The fourth-order valence-electron chi connectivity index (χ4n) is 3.29. The summed E-state index contributed by atoms with van der Waals surface area (Å²) in [6.45, 7) is 0.356. The Kier molecular flexibility index (Phi) is 4.34. The van der Waals surface area contributed by atoms with Crippen molar-refractivity contribution in [1.29, 1.82) is 0 Å². The van der Waals surface area contributed by atoms with Crippen LogP contribution in [0.15, 0.2) is 30.6 Å². The fraction of sp³-hybridized carbons (Fsp3) is 0.263. The molecule has 0 aliphatic rings. The molecule has 4 rings (SSSR count). The van der Waals surface area contributed by atoms with Crippen LogP contribution in [0.25, 0.3) is 33.5 Å². The first kappa shape index (κ1) is 17.8. The lowest BCUT2D eigenvalue weighted by Crippen LogP contribution is -2.26. The van der Waals surface area contributed by atoms with Gasteiger partial charge >= 0.3 is 6.09 Å². The van der Waals surface area contributed by atoms with Crippen molar-refractivity contribution in [3.8, 4) is 11.4 Å². The molecule has 28 heavy (non-hydrogen) atoms. The third kappa shape index (κ3) is 2.90. The Balaban J connectivity index is 1.78. The second kappa shape index (κ2) is 6.84. The predicted molar refractivity (Wildman–Crippen MR) is 107 cm³/mol. The van der Waals surface area contributed by atoms with Gasteiger partial charge in [0.15, 0.2) is 5.82 Å². The van der Waals surface area contributed by atoms with Crippen LogP contribution in [0.3, 0.4) is 0 Å². The summed E-state index contributed by atoms with van der Waals surface area (Å²) >= 11 is 0. The zero-order valence-electron chi connectivity index (χ0n) is 16.1. The van der Waals surface area contributed by atoms with E-state index in [4.69, 9.17) is 4.74 Å². The van der Waals surface area contributed by atoms with E-state index >= 15 is 0 Å². The van der Waals surface area contributed by atoms with Crippen molar-refractivity contribution >= 4 is 34.0 Å². The Hall–Kier alpha value is -3.62. The summed E-state index contributed by atoms with van der Waals surface area (Å²) in [7, 11) is 6.82. The van der Waals surface area contributed by atoms with E-state index in [9.17, 15) is 4.79 Å². The molecule has 4 aromatic heterocycles. The quantitative estimate of drug-likeness (QED) is 0.565. The minimum atomic E-state index is -0.403. The van der Waals surface area contributed by atoms with Gasteiger partial charge in [0.1, 0.15) is 11.2 Å². The lowest BCUT2D eigenvalue weighted by Gasteiger charge is -2.15. The Morgan fingerprint density at radius 2 is 2.18 bits per heavy atom. The number of carbonyl (C=O) groups excluding carboxylic acids is 1. The molecule has 0 saturated heterocycles. The largest absolute Gasteiger partial charge is 0.453 e. The number of hydrogen-bond donors (Lipinski definition) is 2. The van der Waals surface area contributed by atoms with Crippen molar-refractivity contribution in [2.75, 3.05) is 26.5 Å². The molecule has 0 bridgehead atoms. The highest BCUT2D eigenvalue weighted by Gasteiger charge is 2.16. The second-order valence-electron chi connectivity index (χ2n) is 6.55. The molecule has 0 unspecified atom stereocenters. The van der Waals surface area contributed by atoms with Crippen LogP contribution in [0.4, 0.5) is 10.6 Å². The van der Waals surface area contributed by atoms with Crippen molar-refractivity contribution in [2.45, 2.75) is 6.54 Å². The molecular weight excluding hydrogens is 358 g/mol. The van der Waals surface area contributed by atoms with Crippen molar-refractivity contribution in [2.24, 2.45) is 7.05 Å². The lowest BCUT2D eigenvalue weighted by atomic mass is 10.2. The van der Waals surface area contributed by atoms with Gasteiger partial charge in [-0.2, -0.15) is 0 Å². The van der Waals surface area contributed by atoms with Gasteiger partial charge in [0, 0.05) is 26.5 Å². The molecule has 4 aromatic rings. The average Bonchev–Trinajstić information content (AvgIpc) is 3.30. The van der Waals surface area contributed by atoms with Crippen molar-refractivity contribution in [3.63, 3.8) is 0 Å². The zero-order valence-corrected chi connectivity index (χ0v) is 16.1. The molecular formula is C19H21N7O2. The van der Waals surface area contributed by atoms with E-state index in [1.807, 2.05) is 42.9 Å². The molecule has 9 nitrogen and oxygen atoms in total. The van der Waals surface area contributed by atoms with E-state index in [-0.39, 0.29) is 0 Å². The first-order chi connectivity index (χ1) is 13.5. The molecule has 0 atom stereocenters. The van der Waals surface area contributed by atoms with E-state index in [0.717, 1.165) is 45.0 Å². The topological polar surface area (TPSA) is 101 Å². The van der Waals surface area contributed by atoms with Crippen molar-refractivity contribution in [3.05, 3.63) is 36.3 Å². The predicted octanol–water partition coefficient (Wildman–Crippen LogP) is 2.75. The van der Waals surface area contributed by atoms with Gasteiger partial charge in [-0.15, -0.1) is 0 Å². The van der Waals surface area contributed by atoms with Gasteiger partial charge < -0.3 is 24.5 Å². The highest BCUT2D eigenvalue weighted by atomic mass is 16.5. The lowest BCUT2D eigenvalue weighted by molar-refractivity contribution is 0.131. The smallest absolute Gasteiger partial charge is 0.409 e. The Morgan fingerprint density at radius 1 is 1.36 bits per heavy atom. The summed E-state index contributed by atoms with van der Waals surface area (Å²) < 4.78 is 6.71. The monoisotopic (exact) mass is 379 g/mol. The number of aromatic nitrogens is 5. The molecule has 1 amide bonds. The molecule has 0 aliphatic heterocycles. The van der Waals surface area contributed by atoms with E-state index < -0.39 is 6.09 Å². The Bertz CT molecular complexity index is 1180. The van der Waals surface area contributed by atoms with Gasteiger partial charge in [-0.1, -0.05) is 6.07 Å². The van der Waals surface area contributed by atoms with E-state index in [1.54, 1.807) is 13.4 Å².